The van der Waals surface area contributed by atoms with Gasteiger partial charge in [0.25, 0.3) is 0 Å². The Bertz CT molecular complexity index is 827. The number of rotatable bonds is 4. The summed E-state index contributed by atoms with van der Waals surface area (Å²) in [6, 6.07) is 12.9. The molecule has 0 aliphatic carbocycles. The molecule has 3 aromatic rings. The maximum Gasteiger partial charge on any atom is 0.135 e. The second-order valence-electron chi connectivity index (χ2n) is 6.27. The molecule has 0 N–H and O–H groups in total. The zero-order valence-electron chi connectivity index (χ0n) is 13.4. The maximum absolute atomic E-state index is 13.3. The second kappa shape index (κ2) is 6.67. The van der Waals surface area contributed by atoms with Gasteiger partial charge in [0, 0.05) is 39.3 Å². The molecular formula is C18H19FN4O. The first-order valence-electron chi connectivity index (χ1n) is 8.17. The molecule has 6 heteroatoms. The molecular weight excluding hydrogens is 307 g/mol. The Morgan fingerprint density at radius 1 is 0.833 bits per heavy atom. The molecule has 0 saturated carbocycles. The van der Waals surface area contributed by atoms with Gasteiger partial charge in [-0.05, 0) is 45.7 Å². The number of piperazine rings is 1. The van der Waals surface area contributed by atoms with E-state index in [1.165, 1.54) is 11.6 Å². The van der Waals surface area contributed by atoms with E-state index in [-0.39, 0.29) is 5.82 Å². The van der Waals surface area contributed by atoms with Crippen LogP contribution in [0, 0.1) is 5.82 Å². The van der Waals surface area contributed by atoms with Crippen molar-refractivity contribution in [2.45, 2.75) is 13.1 Å². The summed E-state index contributed by atoms with van der Waals surface area (Å²) in [4.78, 5) is 4.80. The van der Waals surface area contributed by atoms with Gasteiger partial charge in [-0.15, -0.1) is 0 Å². The van der Waals surface area contributed by atoms with Crippen molar-refractivity contribution in [3.05, 3.63) is 59.4 Å². The van der Waals surface area contributed by atoms with Crippen LogP contribution in [0.1, 0.15) is 11.1 Å². The van der Waals surface area contributed by atoms with Crippen molar-refractivity contribution >= 4 is 11.0 Å². The molecule has 0 amide bonds. The van der Waals surface area contributed by atoms with Crippen LogP contribution < -0.4 is 0 Å². The van der Waals surface area contributed by atoms with Crippen LogP contribution in [-0.2, 0) is 13.1 Å². The van der Waals surface area contributed by atoms with Gasteiger partial charge in [-0.2, -0.15) is 0 Å². The van der Waals surface area contributed by atoms with Gasteiger partial charge in [0.2, 0.25) is 0 Å². The molecule has 24 heavy (non-hydrogen) atoms. The molecule has 124 valence electrons. The minimum atomic E-state index is -0.163. The highest BCUT2D eigenvalue weighted by Gasteiger charge is 2.17. The molecule has 1 aliphatic rings. The standard InChI is InChI=1S/C18H19FN4O/c19-16-3-1-2-14(10-16)12-22-6-8-23(9-7-22)13-15-4-5-17-18(11-15)21-24-20-17/h1-5,10-11H,6-9,12-13H2. The van der Waals surface area contributed by atoms with Gasteiger partial charge in [-0.1, -0.05) is 18.2 Å². The zero-order chi connectivity index (χ0) is 16.4. The van der Waals surface area contributed by atoms with E-state index in [0.29, 0.717) is 0 Å². The number of aromatic nitrogens is 2. The third-order valence-corrected chi connectivity index (χ3v) is 4.48. The molecule has 5 nitrogen and oxygen atoms in total. The average Bonchev–Trinajstić information content (AvgIpc) is 3.04. The smallest absolute Gasteiger partial charge is 0.135 e. The van der Waals surface area contributed by atoms with E-state index >= 15 is 0 Å². The van der Waals surface area contributed by atoms with Crippen LogP contribution >= 0.6 is 0 Å². The fourth-order valence-corrected chi connectivity index (χ4v) is 3.18. The summed E-state index contributed by atoms with van der Waals surface area (Å²) < 4.78 is 18.0. The fourth-order valence-electron chi connectivity index (χ4n) is 3.18. The highest BCUT2D eigenvalue weighted by molar-refractivity contribution is 5.73. The van der Waals surface area contributed by atoms with Crippen LogP contribution in [0.4, 0.5) is 4.39 Å². The number of benzene rings is 2. The lowest BCUT2D eigenvalue weighted by molar-refractivity contribution is 0.122. The van der Waals surface area contributed by atoms with E-state index < -0.39 is 0 Å². The van der Waals surface area contributed by atoms with Crippen molar-refractivity contribution in [3.63, 3.8) is 0 Å². The summed E-state index contributed by atoms with van der Waals surface area (Å²) in [6.07, 6.45) is 0. The quantitative estimate of drug-likeness (QED) is 0.738. The Labute approximate surface area is 139 Å². The van der Waals surface area contributed by atoms with Gasteiger partial charge >= 0.3 is 0 Å². The van der Waals surface area contributed by atoms with Crippen LogP contribution in [0.2, 0.25) is 0 Å². The summed E-state index contributed by atoms with van der Waals surface area (Å²) in [5, 5.41) is 7.72. The summed E-state index contributed by atoms with van der Waals surface area (Å²) in [5.41, 5.74) is 3.85. The molecule has 4 rings (SSSR count). The summed E-state index contributed by atoms with van der Waals surface area (Å²) >= 11 is 0. The number of halogens is 1. The molecule has 0 radical (unpaired) electrons. The Hall–Kier alpha value is -2.31. The van der Waals surface area contributed by atoms with Crippen LogP contribution in [0.5, 0.6) is 0 Å². The van der Waals surface area contributed by atoms with Crippen molar-refractivity contribution in [1.29, 1.82) is 0 Å². The second-order valence-corrected chi connectivity index (χ2v) is 6.27. The average molecular weight is 326 g/mol. The van der Waals surface area contributed by atoms with Gasteiger partial charge in [0.15, 0.2) is 0 Å². The summed E-state index contributed by atoms with van der Waals surface area (Å²) in [5.74, 6) is -0.163. The molecule has 0 bridgehead atoms. The fraction of sp³-hybridized carbons (Fsp3) is 0.333. The molecule has 2 aromatic carbocycles. The summed E-state index contributed by atoms with van der Waals surface area (Å²) in [7, 11) is 0. The van der Waals surface area contributed by atoms with Crippen LogP contribution in [0.25, 0.3) is 11.0 Å². The lowest BCUT2D eigenvalue weighted by Crippen LogP contribution is -2.45. The minimum absolute atomic E-state index is 0.163. The largest absolute Gasteiger partial charge is 0.297 e. The van der Waals surface area contributed by atoms with E-state index in [2.05, 4.69) is 26.2 Å². The number of fused-ring (bicyclic) bond motifs is 1. The number of hydrogen-bond acceptors (Lipinski definition) is 5. The van der Waals surface area contributed by atoms with E-state index in [9.17, 15) is 4.39 Å². The SMILES string of the molecule is Fc1cccc(CN2CCN(Cc3ccc4nonc4c3)CC2)c1. The Morgan fingerprint density at radius 2 is 1.50 bits per heavy atom. The van der Waals surface area contributed by atoms with Crippen LogP contribution in [0.3, 0.4) is 0 Å². The van der Waals surface area contributed by atoms with Crippen molar-refractivity contribution < 1.29 is 9.02 Å². The topological polar surface area (TPSA) is 45.4 Å². The zero-order valence-corrected chi connectivity index (χ0v) is 13.4. The molecule has 0 spiro atoms. The lowest BCUT2D eigenvalue weighted by Gasteiger charge is -2.34. The normalized spacial score (nSPS) is 16.7. The number of nitrogens with zero attached hydrogens (tertiary/aromatic N) is 4. The van der Waals surface area contributed by atoms with Gasteiger partial charge in [0.1, 0.15) is 16.9 Å². The molecule has 1 aromatic heterocycles. The van der Waals surface area contributed by atoms with Gasteiger partial charge < -0.3 is 0 Å². The first-order valence-corrected chi connectivity index (χ1v) is 8.17. The van der Waals surface area contributed by atoms with E-state index in [0.717, 1.165) is 55.9 Å². The lowest BCUT2D eigenvalue weighted by atomic mass is 10.1. The van der Waals surface area contributed by atoms with E-state index in [1.807, 2.05) is 18.2 Å². The molecule has 2 heterocycles. The molecule has 0 atom stereocenters. The Morgan fingerprint density at radius 3 is 2.21 bits per heavy atom. The van der Waals surface area contributed by atoms with Crippen molar-refractivity contribution in [3.8, 4) is 0 Å². The third-order valence-electron chi connectivity index (χ3n) is 4.48. The summed E-state index contributed by atoms with van der Waals surface area (Å²) in [6.45, 7) is 5.70. The minimum Gasteiger partial charge on any atom is -0.297 e. The third kappa shape index (κ3) is 3.44. The number of hydrogen-bond donors (Lipinski definition) is 0. The van der Waals surface area contributed by atoms with E-state index in [4.69, 9.17) is 4.63 Å². The Balaban J connectivity index is 1.32. The van der Waals surface area contributed by atoms with Crippen LogP contribution in [0.15, 0.2) is 47.1 Å². The van der Waals surface area contributed by atoms with Gasteiger partial charge in [-0.3, -0.25) is 9.80 Å². The Kier molecular flexibility index (Phi) is 4.23. The van der Waals surface area contributed by atoms with Crippen LogP contribution in [-0.4, -0.2) is 46.3 Å². The molecule has 0 unspecified atom stereocenters. The van der Waals surface area contributed by atoms with Crippen molar-refractivity contribution in [1.82, 2.24) is 20.1 Å². The molecule has 1 saturated heterocycles. The monoisotopic (exact) mass is 326 g/mol. The predicted octanol–water partition coefficient (Wildman–Crippen LogP) is 2.68. The maximum atomic E-state index is 13.3. The first kappa shape index (κ1) is 15.2. The first-order chi connectivity index (χ1) is 11.8. The molecule has 1 aliphatic heterocycles. The van der Waals surface area contributed by atoms with E-state index in [1.54, 1.807) is 12.1 Å². The highest BCUT2D eigenvalue weighted by Crippen LogP contribution is 2.15. The van der Waals surface area contributed by atoms with Crippen molar-refractivity contribution in [2.24, 2.45) is 0 Å². The molecule has 1 fully saturated rings. The van der Waals surface area contributed by atoms with Crippen molar-refractivity contribution in [2.75, 3.05) is 26.2 Å². The van der Waals surface area contributed by atoms with Gasteiger partial charge in [0.05, 0.1) is 0 Å². The predicted molar refractivity (Wildman–Crippen MR) is 88.8 cm³/mol. The highest BCUT2D eigenvalue weighted by atomic mass is 19.1. The van der Waals surface area contributed by atoms with Gasteiger partial charge in [-0.25, -0.2) is 9.02 Å².